The Labute approximate surface area is 194 Å². The van der Waals surface area contributed by atoms with Gasteiger partial charge >= 0.3 is 0 Å². The van der Waals surface area contributed by atoms with Crippen LogP contribution in [0.3, 0.4) is 0 Å². The van der Waals surface area contributed by atoms with Crippen LogP contribution in [-0.2, 0) is 0 Å². The van der Waals surface area contributed by atoms with Crippen molar-refractivity contribution in [1.29, 1.82) is 0 Å². The monoisotopic (exact) mass is 474 g/mol. The standard InChI is InChI=1S/C26H20O5P2/c27-32-21-13-11-19-25(30-15-28-19)23(21)24-22(14-12-20-26(24)31-16-29-20)33(17-7-3-1-4-8-17)18-9-5-2-6-10-18/h1-14,27,32H,15-16H2. The number of benzene rings is 4. The zero-order valence-electron chi connectivity index (χ0n) is 17.5. The second-order valence-electron chi connectivity index (χ2n) is 7.53. The van der Waals surface area contributed by atoms with Crippen molar-refractivity contribution >= 4 is 37.9 Å². The van der Waals surface area contributed by atoms with Crippen molar-refractivity contribution in [2.45, 2.75) is 0 Å². The Balaban J connectivity index is 1.68. The van der Waals surface area contributed by atoms with E-state index in [0.29, 0.717) is 23.0 Å². The SMILES string of the molecule is OPc1ccc2c(c1-c1c(P(c3ccccc3)c3ccccc3)ccc3c1OCO3)OCO2. The molecule has 1 N–H and O–H groups in total. The van der Waals surface area contributed by atoms with Crippen LogP contribution in [0.4, 0.5) is 0 Å². The van der Waals surface area contributed by atoms with Crippen LogP contribution in [0.1, 0.15) is 0 Å². The molecule has 4 aromatic rings. The van der Waals surface area contributed by atoms with Crippen molar-refractivity contribution in [3.05, 3.63) is 84.9 Å². The molecule has 1 unspecified atom stereocenters. The molecule has 6 rings (SSSR count). The van der Waals surface area contributed by atoms with E-state index in [1.54, 1.807) is 0 Å². The maximum absolute atomic E-state index is 10.3. The van der Waals surface area contributed by atoms with Crippen LogP contribution in [0.2, 0.25) is 0 Å². The maximum Gasteiger partial charge on any atom is 0.231 e. The largest absolute Gasteiger partial charge is 0.454 e. The van der Waals surface area contributed by atoms with Gasteiger partial charge in [0.2, 0.25) is 13.6 Å². The molecule has 4 aromatic carbocycles. The van der Waals surface area contributed by atoms with Crippen molar-refractivity contribution in [3.63, 3.8) is 0 Å². The molecule has 7 heteroatoms. The molecule has 2 heterocycles. The van der Waals surface area contributed by atoms with E-state index in [1.807, 2.05) is 30.3 Å². The Morgan fingerprint density at radius 3 is 1.73 bits per heavy atom. The summed E-state index contributed by atoms with van der Waals surface area (Å²) in [4.78, 5) is 10.3. The molecule has 0 amide bonds. The number of ether oxygens (including phenoxy) is 4. The normalized spacial score (nSPS) is 13.9. The Morgan fingerprint density at radius 2 is 1.15 bits per heavy atom. The van der Waals surface area contributed by atoms with Crippen LogP contribution in [0.15, 0.2) is 84.9 Å². The summed E-state index contributed by atoms with van der Waals surface area (Å²) in [7, 11) is -1.34. The van der Waals surface area contributed by atoms with Crippen LogP contribution in [0.5, 0.6) is 23.0 Å². The van der Waals surface area contributed by atoms with Crippen molar-refractivity contribution in [3.8, 4) is 34.1 Å². The number of fused-ring (bicyclic) bond motifs is 2. The molecule has 0 bridgehead atoms. The third-order valence-corrected chi connectivity index (χ3v) is 8.84. The minimum absolute atomic E-state index is 0.147. The van der Waals surface area contributed by atoms with Gasteiger partial charge in [-0.25, -0.2) is 0 Å². The van der Waals surface area contributed by atoms with Gasteiger partial charge in [-0.1, -0.05) is 60.7 Å². The number of hydrogen-bond acceptors (Lipinski definition) is 5. The highest BCUT2D eigenvalue weighted by atomic mass is 31.1. The molecular formula is C26H20O5P2. The molecule has 0 saturated heterocycles. The second-order valence-corrected chi connectivity index (χ2v) is 10.5. The maximum atomic E-state index is 10.3. The number of hydrogen-bond donors (Lipinski definition) is 1. The van der Waals surface area contributed by atoms with Gasteiger partial charge in [-0.15, -0.1) is 0 Å². The van der Waals surface area contributed by atoms with E-state index in [-0.39, 0.29) is 13.6 Å². The smallest absolute Gasteiger partial charge is 0.231 e. The third kappa shape index (κ3) is 3.54. The van der Waals surface area contributed by atoms with Gasteiger partial charge in [0.15, 0.2) is 23.0 Å². The highest BCUT2D eigenvalue weighted by Gasteiger charge is 2.33. The van der Waals surface area contributed by atoms with Crippen molar-refractivity contribution < 1.29 is 23.8 Å². The topological polar surface area (TPSA) is 57.2 Å². The van der Waals surface area contributed by atoms with E-state index < -0.39 is 16.7 Å². The highest BCUT2D eigenvalue weighted by Crippen LogP contribution is 2.51. The van der Waals surface area contributed by atoms with E-state index in [1.165, 1.54) is 10.6 Å². The zero-order valence-corrected chi connectivity index (χ0v) is 19.4. The first-order valence-electron chi connectivity index (χ1n) is 10.5. The van der Waals surface area contributed by atoms with Gasteiger partial charge in [-0.05, 0) is 48.1 Å². The summed E-state index contributed by atoms with van der Waals surface area (Å²) in [5, 5.41) is 4.32. The average molecular weight is 474 g/mol. The van der Waals surface area contributed by atoms with Crippen molar-refractivity contribution in [2.24, 2.45) is 0 Å². The van der Waals surface area contributed by atoms with Crippen molar-refractivity contribution in [1.82, 2.24) is 0 Å². The molecule has 0 aromatic heterocycles. The Morgan fingerprint density at radius 1 is 0.606 bits per heavy atom. The van der Waals surface area contributed by atoms with Crippen LogP contribution in [-0.4, -0.2) is 18.5 Å². The second kappa shape index (κ2) is 8.68. The van der Waals surface area contributed by atoms with Crippen LogP contribution < -0.4 is 40.2 Å². The molecule has 2 aliphatic rings. The summed E-state index contributed by atoms with van der Waals surface area (Å²) in [5.41, 5.74) is 1.70. The minimum Gasteiger partial charge on any atom is -0.454 e. The lowest BCUT2D eigenvalue weighted by Crippen LogP contribution is -2.23. The molecule has 0 spiro atoms. The van der Waals surface area contributed by atoms with Gasteiger partial charge in [0.25, 0.3) is 0 Å². The predicted molar refractivity (Wildman–Crippen MR) is 133 cm³/mol. The van der Waals surface area contributed by atoms with Gasteiger partial charge < -0.3 is 23.8 Å². The summed E-state index contributed by atoms with van der Waals surface area (Å²) >= 11 is 0. The summed E-state index contributed by atoms with van der Waals surface area (Å²) in [6.07, 6.45) is 0. The van der Waals surface area contributed by atoms with Gasteiger partial charge in [-0.2, -0.15) is 0 Å². The molecular weight excluding hydrogens is 454 g/mol. The van der Waals surface area contributed by atoms with Crippen molar-refractivity contribution in [2.75, 3.05) is 13.6 Å². The fraction of sp³-hybridized carbons (Fsp3) is 0.0769. The molecule has 0 radical (unpaired) electrons. The fourth-order valence-electron chi connectivity index (χ4n) is 4.29. The van der Waals surface area contributed by atoms with E-state index in [0.717, 1.165) is 21.7 Å². The summed E-state index contributed by atoms with van der Waals surface area (Å²) < 4.78 is 23.4. The first kappa shape index (κ1) is 20.5. The molecule has 0 fully saturated rings. The molecule has 33 heavy (non-hydrogen) atoms. The lowest BCUT2D eigenvalue weighted by Gasteiger charge is -2.24. The van der Waals surface area contributed by atoms with E-state index in [4.69, 9.17) is 18.9 Å². The lowest BCUT2D eigenvalue weighted by molar-refractivity contribution is 0.173. The van der Waals surface area contributed by atoms with E-state index in [9.17, 15) is 4.89 Å². The molecule has 2 aliphatic heterocycles. The average Bonchev–Trinajstić information content (AvgIpc) is 3.54. The van der Waals surface area contributed by atoms with E-state index >= 15 is 0 Å². The summed E-state index contributed by atoms with van der Waals surface area (Å²) in [6.45, 7) is 0.303. The molecule has 1 atom stereocenters. The van der Waals surface area contributed by atoms with Gasteiger partial charge in [0.1, 0.15) is 0 Å². The molecule has 164 valence electrons. The Bertz CT molecular complexity index is 1270. The Hall–Kier alpha value is -3.10. The molecule has 5 nitrogen and oxygen atoms in total. The lowest BCUT2D eigenvalue weighted by atomic mass is 10.0. The first-order valence-corrected chi connectivity index (χ1v) is 12.8. The Kier molecular flexibility index (Phi) is 5.39. The summed E-state index contributed by atoms with van der Waals surface area (Å²) in [5.74, 6) is 2.66. The van der Waals surface area contributed by atoms with Crippen LogP contribution in [0, 0.1) is 0 Å². The van der Waals surface area contributed by atoms with E-state index in [2.05, 4.69) is 54.6 Å². The first-order chi connectivity index (χ1) is 16.3. The molecule has 0 saturated carbocycles. The van der Waals surface area contributed by atoms with Gasteiger partial charge in [-0.3, -0.25) is 0 Å². The van der Waals surface area contributed by atoms with Gasteiger partial charge in [0, 0.05) is 25.2 Å². The van der Waals surface area contributed by atoms with Crippen LogP contribution >= 0.6 is 16.7 Å². The molecule has 0 aliphatic carbocycles. The van der Waals surface area contributed by atoms with Crippen LogP contribution in [0.25, 0.3) is 11.1 Å². The minimum atomic E-state index is -0.931. The highest BCUT2D eigenvalue weighted by molar-refractivity contribution is 7.80. The predicted octanol–water partition coefficient (Wildman–Crippen LogP) is 3.78. The zero-order chi connectivity index (χ0) is 22.2. The summed E-state index contributed by atoms with van der Waals surface area (Å²) in [6, 6.07) is 28.8. The number of rotatable bonds is 5. The fourth-order valence-corrected chi connectivity index (χ4v) is 7.25. The van der Waals surface area contributed by atoms with Gasteiger partial charge in [0.05, 0.1) is 0 Å². The third-order valence-electron chi connectivity index (χ3n) is 5.70. The quantitative estimate of drug-likeness (QED) is 0.447.